The van der Waals surface area contributed by atoms with E-state index >= 15 is 0 Å². The fourth-order valence-corrected chi connectivity index (χ4v) is 1.37. The molecular formula is C10H13N5O4. The van der Waals surface area contributed by atoms with Gasteiger partial charge in [-0.3, -0.25) is 4.79 Å². The van der Waals surface area contributed by atoms with Crippen molar-refractivity contribution in [3.63, 3.8) is 0 Å². The van der Waals surface area contributed by atoms with Crippen LogP contribution in [0.3, 0.4) is 0 Å². The van der Waals surface area contributed by atoms with Crippen molar-refractivity contribution in [2.75, 3.05) is 14.2 Å². The van der Waals surface area contributed by atoms with Crippen LogP contribution in [-0.2, 0) is 17.9 Å². The molecule has 9 nitrogen and oxygen atoms in total. The van der Waals surface area contributed by atoms with E-state index in [4.69, 9.17) is 13.7 Å². The Kier molecular flexibility index (Phi) is 3.85. The van der Waals surface area contributed by atoms with Crippen molar-refractivity contribution in [1.29, 1.82) is 0 Å². The van der Waals surface area contributed by atoms with E-state index in [0.717, 1.165) is 0 Å². The molecule has 9 heteroatoms. The summed E-state index contributed by atoms with van der Waals surface area (Å²) in [6, 6.07) is 0. The van der Waals surface area contributed by atoms with Gasteiger partial charge in [-0.25, -0.2) is 0 Å². The number of carbonyl (C=O) groups excluding carboxylic acids is 1. The average Bonchev–Trinajstić information content (AvgIpc) is 2.98. The van der Waals surface area contributed by atoms with Crippen molar-refractivity contribution < 1.29 is 18.5 Å². The van der Waals surface area contributed by atoms with Gasteiger partial charge >= 0.3 is 11.8 Å². The van der Waals surface area contributed by atoms with E-state index in [2.05, 4.69) is 20.3 Å². The Morgan fingerprint density at radius 2 is 2.21 bits per heavy atom. The summed E-state index contributed by atoms with van der Waals surface area (Å²) in [5.74, 6) is 0.572. The molecule has 0 aliphatic heterocycles. The van der Waals surface area contributed by atoms with Crippen molar-refractivity contribution in [3.05, 3.63) is 23.5 Å². The lowest BCUT2D eigenvalue weighted by Crippen LogP contribution is -2.27. The maximum atomic E-state index is 12.0. The van der Waals surface area contributed by atoms with Crippen LogP contribution >= 0.6 is 0 Å². The number of nitrogens with zero attached hydrogens (tertiary/aromatic N) is 5. The topological polar surface area (TPSA) is 107 Å². The first-order chi connectivity index (χ1) is 9.10. The van der Waals surface area contributed by atoms with E-state index in [-0.39, 0.29) is 24.9 Å². The Hall–Kier alpha value is -2.29. The normalized spacial score (nSPS) is 10.7. The monoisotopic (exact) mass is 267 g/mol. The van der Waals surface area contributed by atoms with Gasteiger partial charge in [-0.1, -0.05) is 5.16 Å². The number of amides is 1. The zero-order valence-electron chi connectivity index (χ0n) is 10.8. The number of ether oxygens (including phenoxy) is 1. The summed E-state index contributed by atoms with van der Waals surface area (Å²) < 4.78 is 14.8. The number of aromatic nitrogens is 4. The zero-order chi connectivity index (χ0) is 13.8. The second-order valence-electron chi connectivity index (χ2n) is 3.82. The van der Waals surface area contributed by atoms with Crippen molar-refractivity contribution in [3.8, 4) is 0 Å². The van der Waals surface area contributed by atoms with Crippen LogP contribution in [0.15, 0.2) is 8.94 Å². The maximum Gasteiger partial charge on any atom is 0.311 e. The predicted molar refractivity (Wildman–Crippen MR) is 59.8 cm³/mol. The summed E-state index contributed by atoms with van der Waals surface area (Å²) in [4.78, 5) is 17.3. The maximum absolute atomic E-state index is 12.0. The van der Waals surface area contributed by atoms with Crippen LogP contribution in [0.4, 0.5) is 0 Å². The van der Waals surface area contributed by atoms with Crippen molar-refractivity contribution >= 4 is 5.91 Å². The molecular weight excluding hydrogens is 254 g/mol. The summed E-state index contributed by atoms with van der Waals surface area (Å²) in [6.07, 6.45) is 0. The lowest BCUT2D eigenvalue weighted by Gasteiger charge is -2.11. The first-order valence-corrected chi connectivity index (χ1v) is 5.46. The van der Waals surface area contributed by atoms with Gasteiger partial charge in [0.2, 0.25) is 11.8 Å². The Bertz CT molecular complexity index is 564. The lowest BCUT2D eigenvalue weighted by atomic mass is 10.4. The van der Waals surface area contributed by atoms with Gasteiger partial charge in [0.15, 0.2) is 5.82 Å². The average molecular weight is 267 g/mol. The Balaban J connectivity index is 2.01. The smallest absolute Gasteiger partial charge is 0.311 e. The molecule has 0 aromatic carbocycles. The van der Waals surface area contributed by atoms with Gasteiger partial charge in [0.25, 0.3) is 0 Å². The first-order valence-electron chi connectivity index (χ1n) is 5.46. The molecule has 0 spiro atoms. The number of carbonyl (C=O) groups is 1. The molecule has 0 N–H and O–H groups in total. The third kappa shape index (κ3) is 3.13. The molecule has 0 aliphatic rings. The highest BCUT2D eigenvalue weighted by Gasteiger charge is 2.20. The molecule has 102 valence electrons. The molecule has 1 amide bonds. The van der Waals surface area contributed by atoms with Gasteiger partial charge in [0.05, 0.1) is 6.54 Å². The minimum atomic E-state index is -0.419. The summed E-state index contributed by atoms with van der Waals surface area (Å²) >= 11 is 0. The van der Waals surface area contributed by atoms with E-state index in [1.165, 1.54) is 12.0 Å². The van der Waals surface area contributed by atoms with E-state index in [1.807, 2.05) is 0 Å². The molecule has 0 saturated carbocycles. The summed E-state index contributed by atoms with van der Waals surface area (Å²) in [6.45, 7) is 2.03. The highest BCUT2D eigenvalue weighted by molar-refractivity contribution is 5.89. The van der Waals surface area contributed by atoms with Crippen LogP contribution in [-0.4, -0.2) is 45.3 Å². The van der Waals surface area contributed by atoms with Crippen molar-refractivity contribution in [2.45, 2.75) is 20.1 Å². The predicted octanol–water partition coefficient (Wildman–Crippen LogP) is 0.180. The molecule has 2 heterocycles. The highest BCUT2D eigenvalue weighted by atomic mass is 16.5. The van der Waals surface area contributed by atoms with Crippen LogP contribution in [0.1, 0.15) is 28.3 Å². The van der Waals surface area contributed by atoms with Crippen LogP contribution < -0.4 is 0 Å². The number of hydrogen-bond donors (Lipinski definition) is 0. The number of methoxy groups -OCH3 is 1. The van der Waals surface area contributed by atoms with Crippen LogP contribution in [0, 0.1) is 6.92 Å². The van der Waals surface area contributed by atoms with E-state index in [0.29, 0.717) is 11.7 Å². The fraction of sp³-hybridized carbons (Fsp3) is 0.500. The Labute approximate surface area is 108 Å². The summed E-state index contributed by atoms with van der Waals surface area (Å²) in [5.41, 5.74) is 0. The van der Waals surface area contributed by atoms with Crippen LogP contribution in [0.5, 0.6) is 0 Å². The standard InChI is InChI=1S/C10H13N5O4/c1-6-11-7(14-19-6)4-15(2)10(16)9-13-12-8(18-9)5-17-3/h4-5H2,1-3H3. The van der Waals surface area contributed by atoms with Gasteiger partial charge in [0, 0.05) is 21.1 Å². The van der Waals surface area contributed by atoms with E-state index < -0.39 is 5.91 Å². The van der Waals surface area contributed by atoms with Gasteiger partial charge in [-0.15, -0.1) is 10.2 Å². The second kappa shape index (κ2) is 5.57. The Morgan fingerprint density at radius 1 is 1.42 bits per heavy atom. The Morgan fingerprint density at radius 3 is 2.84 bits per heavy atom. The highest BCUT2D eigenvalue weighted by Crippen LogP contribution is 2.06. The number of aryl methyl sites for hydroxylation is 1. The number of hydrogen-bond acceptors (Lipinski definition) is 8. The molecule has 2 aromatic rings. The molecule has 19 heavy (non-hydrogen) atoms. The molecule has 0 bridgehead atoms. The van der Waals surface area contributed by atoms with Crippen LogP contribution in [0.2, 0.25) is 0 Å². The van der Waals surface area contributed by atoms with Crippen molar-refractivity contribution in [2.24, 2.45) is 0 Å². The fourth-order valence-electron chi connectivity index (χ4n) is 1.37. The minimum absolute atomic E-state index is 0.102. The molecule has 0 atom stereocenters. The first kappa shape index (κ1) is 13.1. The van der Waals surface area contributed by atoms with E-state index in [9.17, 15) is 4.79 Å². The summed E-state index contributed by atoms with van der Waals surface area (Å²) in [5, 5.41) is 11.0. The van der Waals surface area contributed by atoms with E-state index in [1.54, 1.807) is 14.0 Å². The molecule has 0 aliphatic carbocycles. The molecule has 2 rings (SSSR count). The van der Waals surface area contributed by atoms with Gasteiger partial charge in [0.1, 0.15) is 6.61 Å². The van der Waals surface area contributed by atoms with Gasteiger partial charge < -0.3 is 18.6 Å². The van der Waals surface area contributed by atoms with Crippen LogP contribution in [0.25, 0.3) is 0 Å². The minimum Gasteiger partial charge on any atom is -0.414 e. The second-order valence-corrected chi connectivity index (χ2v) is 3.82. The molecule has 0 radical (unpaired) electrons. The molecule has 0 unspecified atom stereocenters. The molecule has 2 aromatic heterocycles. The number of rotatable bonds is 5. The third-order valence-electron chi connectivity index (χ3n) is 2.21. The lowest BCUT2D eigenvalue weighted by molar-refractivity contribution is 0.0733. The molecule has 0 saturated heterocycles. The largest absolute Gasteiger partial charge is 0.414 e. The SMILES string of the molecule is COCc1nnc(C(=O)N(C)Cc2noc(C)n2)o1. The third-order valence-corrected chi connectivity index (χ3v) is 2.21. The van der Waals surface area contributed by atoms with Gasteiger partial charge in [-0.2, -0.15) is 4.98 Å². The zero-order valence-corrected chi connectivity index (χ0v) is 10.8. The van der Waals surface area contributed by atoms with Gasteiger partial charge in [-0.05, 0) is 0 Å². The quantitative estimate of drug-likeness (QED) is 0.754. The molecule has 0 fully saturated rings. The van der Waals surface area contributed by atoms with Crippen molar-refractivity contribution in [1.82, 2.24) is 25.2 Å². The summed E-state index contributed by atoms with van der Waals surface area (Å²) in [7, 11) is 3.07.